The highest BCUT2D eigenvalue weighted by Crippen LogP contribution is 2.22. The number of aromatic amines is 1. The maximum atomic E-state index is 12.3. The van der Waals surface area contributed by atoms with Gasteiger partial charge in [0, 0.05) is 23.3 Å². The number of hydrogen-bond acceptors (Lipinski definition) is 7. The van der Waals surface area contributed by atoms with E-state index in [-0.39, 0.29) is 5.89 Å². The zero-order valence-electron chi connectivity index (χ0n) is 13.2. The second-order valence-corrected chi connectivity index (χ2v) is 5.42. The first-order valence-electron chi connectivity index (χ1n) is 7.59. The van der Waals surface area contributed by atoms with Crippen molar-refractivity contribution in [3.05, 3.63) is 60.4 Å². The van der Waals surface area contributed by atoms with Gasteiger partial charge >= 0.3 is 5.97 Å². The number of nitrogens with one attached hydrogen (secondary N) is 1. The van der Waals surface area contributed by atoms with Gasteiger partial charge in [-0.2, -0.15) is 10.1 Å². The predicted octanol–water partition coefficient (Wildman–Crippen LogP) is 2.93. The maximum Gasteiger partial charge on any atom is 0.338 e. The van der Waals surface area contributed by atoms with Crippen molar-refractivity contribution in [1.29, 1.82) is 0 Å². The van der Waals surface area contributed by atoms with Crippen LogP contribution in [0.5, 0.6) is 0 Å². The number of benzene rings is 1. The number of H-pyrrole nitrogens is 1. The molecule has 0 aliphatic carbocycles. The normalized spacial score (nSPS) is 12.2. The molecule has 124 valence electrons. The molecular weight excluding hydrogens is 322 g/mol. The predicted molar refractivity (Wildman–Crippen MR) is 87.5 cm³/mol. The zero-order chi connectivity index (χ0) is 17.2. The van der Waals surface area contributed by atoms with Gasteiger partial charge < -0.3 is 9.26 Å². The number of rotatable bonds is 4. The highest BCUT2D eigenvalue weighted by atomic mass is 16.6. The van der Waals surface area contributed by atoms with Gasteiger partial charge in [-0.1, -0.05) is 11.2 Å². The Bertz CT molecular complexity index is 1020. The quantitative estimate of drug-likeness (QED) is 0.571. The molecule has 0 radical (unpaired) electrons. The van der Waals surface area contributed by atoms with Gasteiger partial charge in [-0.3, -0.25) is 10.1 Å². The van der Waals surface area contributed by atoms with Crippen LogP contribution in [0.2, 0.25) is 0 Å². The number of carbonyl (C=O) groups excluding carboxylic acids is 1. The third kappa shape index (κ3) is 2.97. The van der Waals surface area contributed by atoms with E-state index in [1.165, 1.54) is 0 Å². The Labute approximate surface area is 141 Å². The second kappa shape index (κ2) is 6.16. The summed E-state index contributed by atoms with van der Waals surface area (Å²) in [6.45, 7) is 1.67. The molecule has 4 aromatic rings. The largest absolute Gasteiger partial charge is 0.449 e. The molecule has 1 atom stereocenters. The van der Waals surface area contributed by atoms with Gasteiger partial charge in [0.15, 0.2) is 6.10 Å². The standard InChI is InChI=1S/C17H13N5O3/c1-10(16-20-15(22-25-16)13-3-2-6-18-8-13)24-17(23)11-4-5-12-9-19-21-14(12)7-11/h2-10H,1H3,(H,19,21). The minimum absolute atomic E-state index is 0.217. The number of carbonyl (C=O) groups is 1. The van der Waals surface area contributed by atoms with E-state index in [1.807, 2.05) is 6.07 Å². The highest BCUT2D eigenvalue weighted by molar-refractivity contribution is 5.94. The molecular formula is C17H13N5O3. The van der Waals surface area contributed by atoms with Crippen molar-refractivity contribution in [3.8, 4) is 11.4 Å². The lowest BCUT2D eigenvalue weighted by Gasteiger charge is -2.09. The van der Waals surface area contributed by atoms with Crippen LogP contribution in [-0.4, -0.2) is 31.3 Å². The van der Waals surface area contributed by atoms with Crippen LogP contribution in [0.4, 0.5) is 0 Å². The van der Waals surface area contributed by atoms with E-state index >= 15 is 0 Å². The molecule has 1 aromatic carbocycles. The SMILES string of the molecule is CC(OC(=O)c1ccc2cn[nH]c2c1)c1nc(-c2cccnc2)no1. The van der Waals surface area contributed by atoms with Crippen LogP contribution in [0.15, 0.2) is 53.4 Å². The van der Waals surface area contributed by atoms with Gasteiger partial charge in [0.1, 0.15) is 0 Å². The van der Waals surface area contributed by atoms with E-state index in [4.69, 9.17) is 9.26 Å². The molecule has 0 saturated carbocycles. The summed E-state index contributed by atoms with van der Waals surface area (Å²) < 4.78 is 10.6. The van der Waals surface area contributed by atoms with E-state index in [2.05, 4.69) is 25.3 Å². The van der Waals surface area contributed by atoms with Crippen molar-refractivity contribution >= 4 is 16.9 Å². The molecule has 0 aliphatic heterocycles. The zero-order valence-corrected chi connectivity index (χ0v) is 13.2. The summed E-state index contributed by atoms with van der Waals surface area (Å²) in [5.74, 6) is 0.129. The van der Waals surface area contributed by atoms with Gasteiger partial charge in [-0.15, -0.1) is 0 Å². The topological polar surface area (TPSA) is 107 Å². The van der Waals surface area contributed by atoms with E-state index in [0.717, 1.165) is 16.5 Å². The molecule has 0 saturated heterocycles. The van der Waals surface area contributed by atoms with Crippen LogP contribution >= 0.6 is 0 Å². The van der Waals surface area contributed by atoms with Crippen LogP contribution in [0, 0.1) is 0 Å². The van der Waals surface area contributed by atoms with Gasteiger partial charge in [0.2, 0.25) is 5.82 Å². The van der Waals surface area contributed by atoms with E-state index in [0.29, 0.717) is 11.4 Å². The minimum Gasteiger partial charge on any atom is -0.449 e. The van der Waals surface area contributed by atoms with Gasteiger partial charge in [-0.25, -0.2) is 4.79 Å². The van der Waals surface area contributed by atoms with E-state index in [1.54, 1.807) is 49.8 Å². The average molecular weight is 335 g/mol. The Morgan fingerprint density at radius 1 is 1.28 bits per heavy atom. The Hall–Kier alpha value is -3.55. The number of hydrogen-bond donors (Lipinski definition) is 1. The van der Waals surface area contributed by atoms with Crippen LogP contribution < -0.4 is 0 Å². The monoisotopic (exact) mass is 335 g/mol. The van der Waals surface area contributed by atoms with Crippen molar-refractivity contribution in [2.24, 2.45) is 0 Å². The lowest BCUT2D eigenvalue weighted by atomic mass is 10.2. The average Bonchev–Trinajstić information content (AvgIpc) is 3.31. The first-order chi connectivity index (χ1) is 12.2. The fourth-order valence-corrected chi connectivity index (χ4v) is 2.36. The summed E-state index contributed by atoms with van der Waals surface area (Å²) in [6, 6.07) is 8.76. The fourth-order valence-electron chi connectivity index (χ4n) is 2.36. The molecule has 4 rings (SSSR count). The number of pyridine rings is 1. The minimum atomic E-state index is -0.678. The molecule has 0 bridgehead atoms. The van der Waals surface area contributed by atoms with Crippen molar-refractivity contribution in [2.45, 2.75) is 13.0 Å². The molecule has 3 heterocycles. The van der Waals surface area contributed by atoms with Crippen molar-refractivity contribution < 1.29 is 14.1 Å². The summed E-state index contributed by atoms with van der Waals surface area (Å²) in [6.07, 6.45) is 4.30. The number of ether oxygens (including phenoxy) is 1. The highest BCUT2D eigenvalue weighted by Gasteiger charge is 2.20. The van der Waals surface area contributed by atoms with Crippen molar-refractivity contribution in [3.63, 3.8) is 0 Å². The molecule has 8 heteroatoms. The first kappa shape index (κ1) is 15.0. The second-order valence-electron chi connectivity index (χ2n) is 5.42. The lowest BCUT2D eigenvalue weighted by molar-refractivity contribution is 0.0265. The Kier molecular flexibility index (Phi) is 3.70. The summed E-state index contributed by atoms with van der Waals surface area (Å²) >= 11 is 0. The Balaban J connectivity index is 1.50. The summed E-state index contributed by atoms with van der Waals surface area (Å²) in [5, 5.41) is 11.6. The lowest BCUT2D eigenvalue weighted by Crippen LogP contribution is -2.09. The Morgan fingerprint density at radius 3 is 3.04 bits per heavy atom. The third-order valence-corrected chi connectivity index (χ3v) is 3.67. The number of aromatic nitrogens is 5. The van der Waals surface area contributed by atoms with Gasteiger partial charge in [-0.05, 0) is 31.2 Å². The summed E-state index contributed by atoms with van der Waals surface area (Å²) in [5.41, 5.74) is 1.90. The number of esters is 1. The molecule has 3 aromatic heterocycles. The fraction of sp³-hybridized carbons (Fsp3) is 0.118. The third-order valence-electron chi connectivity index (χ3n) is 3.67. The van der Waals surface area contributed by atoms with Crippen LogP contribution in [0.1, 0.15) is 29.3 Å². The molecule has 1 N–H and O–H groups in total. The summed E-state index contributed by atoms with van der Waals surface area (Å²) in [7, 11) is 0. The first-order valence-corrected chi connectivity index (χ1v) is 7.59. The molecule has 25 heavy (non-hydrogen) atoms. The molecule has 8 nitrogen and oxygen atoms in total. The van der Waals surface area contributed by atoms with Crippen molar-refractivity contribution in [1.82, 2.24) is 25.3 Å². The molecule has 0 amide bonds. The molecule has 0 spiro atoms. The van der Waals surface area contributed by atoms with E-state index < -0.39 is 12.1 Å². The van der Waals surface area contributed by atoms with Gasteiger partial charge in [0.05, 0.1) is 17.3 Å². The number of fused-ring (bicyclic) bond motifs is 1. The summed E-state index contributed by atoms with van der Waals surface area (Å²) in [4.78, 5) is 20.6. The Morgan fingerprint density at radius 2 is 2.20 bits per heavy atom. The van der Waals surface area contributed by atoms with E-state index in [9.17, 15) is 4.79 Å². The smallest absolute Gasteiger partial charge is 0.338 e. The van der Waals surface area contributed by atoms with Crippen LogP contribution in [0.25, 0.3) is 22.3 Å². The van der Waals surface area contributed by atoms with Crippen LogP contribution in [-0.2, 0) is 4.74 Å². The molecule has 0 aliphatic rings. The molecule has 0 fully saturated rings. The van der Waals surface area contributed by atoms with Crippen LogP contribution in [0.3, 0.4) is 0 Å². The molecule has 1 unspecified atom stereocenters. The number of nitrogens with zero attached hydrogens (tertiary/aromatic N) is 4. The van der Waals surface area contributed by atoms with Crippen molar-refractivity contribution in [2.75, 3.05) is 0 Å². The van der Waals surface area contributed by atoms with Gasteiger partial charge in [0.25, 0.3) is 5.89 Å². The maximum absolute atomic E-state index is 12.3.